The Labute approximate surface area is 160 Å². The monoisotopic (exact) mass is 383 g/mol. The predicted molar refractivity (Wildman–Crippen MR) is 99.5 cm³/mol. The van der Waals surface area contributed by atoms with Crippen LogP contribution >= 0.6 is 0 Å². The first-order valence-electron chi connectivity index (χ1n) is 9.05. The number of hydrogen-bond donors (Lipinski definition) is 1. The first-order valence-corrected chi connectivity index (χ1v) is 9.05. The topological polar surface area (TPSA) is 56.1 Å². The summed E-state index contributed by atoms with van der Waals surface area (Å²) in [5.41, 5.74) is 1.93. The van der Waals surface area contributed by atoms with E-state index >= 15 is 0 Å². The fourth-order valence-corrected chi connectivity index (χ4v) is 3.16. The number of benzene rings is 2. The average molecular weight is 383 g/mol. The highest BCUT2D eigenvalue weighted by Crippen LogP contribution is 2.22. The van der Waals surface area contributed by atoms with Crippen LogP contribution in [0.15, 0.2) is 54.7 Å². The summed E-state index contributed by atoms with van der Waals surface area (Å²) in [7, 11) is 0. The van der Waals surface area contributed by atoms with Gasteiger partial charge in [-0.3, -0.25) is 4.79 Å². The highest BCUT2D eigenvalue weighted by atomic mass is 19.1. The number of ketones is 1. The fraction of sp³-hybridized carbons (Fsp3) is 0.238. The second kappa shape index (κ2) is 8.00. The van der Waals surface area contributed by atoms with Gasteiger partial charge in [-0.05, 0) is 47.5 Å². The molecule has 3 aromatic rings. The van der Waals surface area contributed by atoms with Gasteiger partial charge in [0.25, 0.3) is 0 Å². The molecule has 4 rings (SSSR count). The molecular formula is C21H19F2N3O2. The summed E-state index contributed by atoms with van der Waals surface area (Å²) in [6.07, 6.45) is 1.35. The number of carbonyl (C=O) groups is 1. The molecule has 1 N–H and O–H groups in total. The van der Waals surface area contributed by atoms with Crippen LogP contribution in [-0.4, -0.2) is 35.3 Å². The van der Waals surface area contributed by atoms with Crippen molar-refractivity contribution in [1.29, 1.82) is 0 Å². The van der Waals surface area contributed by atoms with Crippen LogP contribution in [0.1, 0.15) is 27.7 Å². The Kier molecular flexibility index (Phi) is 5.27. The molecule has 144 valence electrons. The van der Waals surface area contributed by atoms with Gasteiger partial charge in [-0.2, -0.15) is 5.10 Å². The standard InChI is InChI=1S/C21H19F2N3O2/c22-16-3-5-17(6-4-16)26-9-7-19(25-26)20(27)12-14-1-2-15(11-18(14)23)21-13-24-8-10-28-21/h1-7,9,11,21,24H,8,10,12-13H2/t21-/m0/s1. The van der Waals surface area contributed by atoms with Crippen molar-refractivity contribution in [3.8, 4) is 5.69 Å². The lowest BCUT2D eigenvalue weighted by atomic mass is 10.0. The molecule has 0 amide bonds. The minimum atomic E-state index is -0.432. The smallest absolute Gasteiger partial charge is 0.187 e. The quantitative estimate of drug-likeness (QED) is 0.688. The lowest BCUT2D eigenvalue weighted by Crippen LogP contribution is -2.33. The molecule has 2 heterocycles. The van der Waals surface area contributed by atoms with Crippen LogP contribution in [0.25, 0.3) is 5.69 Å². The summed E-state index contributed by atoms with van der Waals surface area (Å²) in [6, 6.07) is 12.2. The number of aromatic nitrogens is 2. The zero-order chi connectivity index (χ0) is 19.5. The zero-order valence-electron chi connectivity index (χ0n) is 15.1. The Morgan fingerprint density at radius 1 is 1.18 bits per heavy atom. The van der Waals surface area contributed by atoms with Crippen molar-refractivity contribution in [2.45, 2.75) is 12.5 Å². The minimum Gasteiger partial charge on any atom is -0.371 e. The number of nitrogens with zero attached hydrogens (tertiary/aromatic N) is 2. The van der Waals surface area contributed by atoms with Gasteiger partial charge in [0.2, 0.25) is 0 Å². The maximum Gasteiger partial charge on any atom is 0.187 e. The second-order valence-electron chi connectivity index (χ2n) is 6.64. The van der Waals surface area contributed by atoms with Crippen molar-refractivity contribution >= 4 is 5.78 Å². The van der Waals surface area contributed by atoms with Crippen LogP contribution in [0.2, 0.25) is 0 Å². The fourth-order valence-electron chi connectivity index (χ4n) is 3.16. The Morgan fingerprint density at radius 2 is 2.00 bits per heavy atom. The molecule has 28 heavy (non-hydrogen) atoms. The molecule has 7 heteroatoms. The molecule has 1 aromatic heterocycles. The lowest BCUT2D eigenvalue weighted by Gasteiger charge is -2.24. The molecule has 1 fully saturated rings. The van der Waals surface area contributed by atoms with Gasteiger partial charge in [0.05, 0.1) is 18.4 Å². The maximum absolute atomic E-state index is 14.5. The van der Waals surface area contributed by atoms with Gasteiger partial charge in [0.1, 0.15) is 17.3 Å². The van der Waals surface area contributed by atoms with Crippen molar-refractivity contribution in [1.82, 2.24) is 15.1 Å². The summed E-state index contributed by atoms with van der Waals surface area (Å²) in [5, 5.41) is 7.43. The predicted octanol–water partition coefficient (Wildman–Crippen LogP) is 3.24. The van der Waals surface area contributed by atoms with Crippen LogP contribution in [-0.2, 0) is 11.2 Å². The highest BCUT2D eigenvalue weighted by Gasteiger charge is 2.19. The maximum atomic E-state index is 14.5. The van der Waals surface area contributed by atoms with E-state index in [1.165, 1.54) is 22.9 Å². The summed E-state index contributed by atoms with van der Waals surface area (Å²) in [6.45, 7) is 2.01. The third-order valence-electron chi connectivity index (χ3n) is 4.69. The molecule has 1 aliphatic heterocycles. The number of hydrogen-bond acceptors (Lipinski definition) is 4. The number of ether oxygens (including phenoxy) is 1. The van der Waals surface area contributed by atoms with Crippen molar-refractivity contribution < 1.29 is 18.3 Å². The van der Waals surface area contributed by atoms with Gasteiger partial charge in [0.15, 0.2) is 5.78 Å². The van der Waals surface area contributed by atoms with Crippen LogP contribution in [0.5, 0.6) is 0 Å². The summed E-state index contributed by atoms with van der Waals surface area (Å²) in [5.74, 6) is -1.07. The van der Waals surface area contributed by atoms with E-state index in [2.05, 4.69) is 10.4 Å². The van der Waals surface area contributed by atoms with E-state index in [1.54, 1.807) is 36.5 Å². The summed E-state index contributed by atoms with van der Waals surface area (Å²) >= 11 is 0. The van der Waals surface area contributed by atoms with Crippen molar-refractivity contribution in [3.63, 3.8) is 0 Å². The van der Waals surface area contributed by atoms with Crippen LogP contribution in [0, 0.1) is 11.6 Å². The van der Waals surface area contributed by atoms with Crippen molar-refractivity contribution in [3.05, 3.63) is 83.2 Å². The first kappa shape index (κ1) is 18.5. The van der Waals surface area contributed by atoms with E-state index in [9.17, 15) is 13.6 Å². The second-order valence-corrected chi connectivity index (χ2v) is 6.64. The highest BCUT2D eigenvalue weighted by molar-refractivity contribution is 5.95. The van der Waals surface area contributed by atoms with Gasteiger partial charge in [-0.15, -0.1) is 0 Å². The third-order valence-corrected chi connectivity index (χ3v) is 4.69. The summed E-state index contributed by atoms with van der Waals surface area (Å²) in [4.78, 5) is 12.5. The molecule has 0 saturated carbocycles. The Morgan fingerprint density at radius 3 is 2.71 bits per heavy atom. The largest absolute Gasteiger partial charge is 0.371 e. The molecule has 0 aliphatic carbocycles. The Hall–Kier alpha value is -2.90. The van der Waals surface area contributed by atoms with Gasteiger partial charge in [-0.1, -0.05) is 12.1 Å². The average Bonchev–Trinajstić information content (AvgIpc) is 3.21. The number of carbonyl (C=O) groups excluding carboxylic acids is 1. The number of halogens is 2. The number of morpholine rings is 1. The molecule has 1 atom stereocenters. The SMILES string of the molecule is O=C(Cc1ccc([C@@H]2CNCCO2)cc1F)c1ccn(-c2ccc(F)cc2)n1. The van der Waals surface area contributed by atoms with E-state index in [4.69, 9.17) is 4.74 Å². The van der Waals surface area contributed by atoms with Crippen LogP contribution in [0.4, 0.5) is 8.78 Å². The first-order chi connectivity index (χ1) is 13.6. The van der Waals surface area contributed by atoms with E-state index in [0.717, 1.165) is 12.1 Å². The molecule has 1 saturated heterocycles. The molecule has 0 spiro atoms. The Balaban J connectivity index is 1.47. The van der Waals surface area contributed by atoms with Gasteiger partial charge >= 0.3 is 0 Å². The van der Waals surface area contributed by atoms with Crippen molar-refractivity contribution in [2.24, 2.45) is 0 Å². The molecule has 5 nitrogen and oxygen atoms in total. The van der Waals surface area contributed by atoms with E-state index in [-0.39, 0.29) is 29.8 Å². The molecule has 0 bridgehead atoms. The van der Waals surface area contributed by atoms with E-state index in [0.29, 0.717) is 24.4 Å². The zero-order valence-corrected chi connectivity index (χ0v) is 15.1. The lowest BCUT2D eigenvalue weighted by molar-refractivity contribution is 0.0275. The minimum absolute atomic E-state index is 0.0870. The molecular weight excluding hydrogens is 364 g/mol. The summed E-state index contributed by atoms with van der Waals surface area (Å²) < 4.78 is 34.6. The molecule has 0 unspecified atom stereocenters. The normalized spacial score (nSPS) is 16.9. The molecule has 0 radical (unpaired) electrons. The third kappa shape index (κ3) is 4.00. The number of rotatable bonds is 5. The van der Waals surface area contributed by atoms with Gasteiger partial charge < -0.3 is 10.1 Å². The van der Waals surface area contributed by atoms with Crippen LogP contribution in [0.3, 0.4) is 0 Å². The van der Waals surface area contributed by atoms with Crippen LogP contribution < -0.4 is 5.32 Å². The number of Topliss-reactive ketones (excluding diaryl/α,β-unsaturated/α-hetero) is 1. The molecule has 1 aliphatic rings. The van der Waals surface area contributed by atoms with Gasteiger partial charge in [0, 0.05) is 25.7 Å². The number of nitrogens with one attached hydrogen (secondary N) is 1. The van der Waals surface area contributed by atoms with E-state index < -0.39 is 5.82 Å². The van der Waals surface area contributed by atoms with Gasteiger partial charge in [-0.25, -0.2) is 13.5 Å². The molecule has 2 aromatic carbocycles. The Bertz CT molecular complexity index is 980. The van der Waals surface area contributed by atoms with Crippen molar-refractivity contribution in [2.75, 3.05) is 19.7 Å². The van der Waals surface area contributed by atoms with E-state index in [1.807, 2.05) is 0 Å².